The molecule has 0 spiro atoms. The van der Waals surface area contributed by atoms with Crippen LogP contribution in [0.2, 0.25) is 0 Å². The molecule has 4 aromatic rings. The molecule has 0 atom stereocenters. The molecule has 2 heterocycles. The Morgan fingerprint density at radius 2 is 1.65 bits per heavy atom. The fourth-order valence-corrected chi connectivity index (χ4v) is 2.96. The first-order chi connectivity index (χ1) is 14.6. The lowest BCUT2D eigenvalue weighted by molar-refractivity contribution is -0.274. The lowest BCUT2D eigenvalue weighted by Gasteiger charge is -2.11. The maximum Gasteiger partial charge on any atom is 0.573 e. The summed E-state index contributed by atoms with van der Waals surface area (Å²) in [6.45, 7) is 0. The number of benzene rings is 2. The highest BCUT2D eigenvalue weighted by molar-refractivity contribution is 5.74. The molecule has 0 aliphatic carbocycles. The van der Waals surface area contributed by atoms with E-state index in [0.717, 1.165) is 12.1 Å². The number of ether oxygens (including phenoxy) is 1. The van der Waals surface area contributed by atoms with E-state index in [1.54, 1.807) is 10.6 Å². The molecule has 160 valence electrons. The summed E-state index contributed by atoms with van der Waals surface area (Å²) in [7, 11) is 0. The largest absolute Gasteiger partial charge is 0.573 e. The first-order valence-electron chi connectivity index (χ1n) is 8.73. The number of imidazole rings is 1. The van der Waals surface area contributed by atoms with Crippen molar-refractivity contribution in [1.82, 2.24) is 14.4 Å². The van der Waals surface area contributed by atoms with E-state index in [4.69, 9.17) is 0 Å². The van der Waals surface area contributed by atoms with E-state index in [2.05, 4.69) is 20.0 Å². The summed E-state index contributed by atoms with van der Waals surface area (Å²) in [6.07, 6.45) is -4.79. The second-order valence-electron chi connectivity index (χ2n) is 6.39. The van der Waals surface area contributed by atoms with Crippen molar-refractivity contribution < 1.29 is 31.1 Å². The molecule has 0 aliphatic heterocycles. The number of alkyl halides is 6. The molecule has 5 nitrogen and oxygen atoms in total. The standard InChI is InChI=1S/C20H12F6N4O/c21-19(22,23)13-2-1-3-14(10-13)29-17-18-28-11-16(30(18)9-8-27-17)12-4-6-15(7-5-12)31-20(24,25)26/h1-11H,(H,27,29). The summed E-state index contributed by atoms with van der Waals surface area (Å²) in [4.78, 5) is 8.38. The summed E-state index contributed by atoms with van der Waals surface area (Å²) in [6, 6.07) is 9.86. The fourth-order valence-electron chi connectivity index (χ4n) is 2.96. The predicted molar refractivity (Wildman–Crippen MR) is 99.8 cm³/mol. The number of aromatic nitrogens is 3. The van der Waals surface area contributed by atoms with Gasteiger partial charge in [-0.2, -0.15) is 13.2 Å². The van der Waals surface area contributed by atoms with Crippen molar-refractivity contribution >= 4 is 17.2 Å². The van der Waals surface area contributed by atoms with Gasteiger partial charge in [-0.3, -0.25) is 4.40 Å². The number of hydrogen-bond donors (Lipinski definition) is 1. The zero-order valence-electron chi connectivity index (χ0n) is 15.4. The van der Waals surface area contributed by atoms with Crippen molar-refractivity contribution in [3.63, 3.8) is 0 Å². The smallest absolute Gasteiger partial charge is 0.406 e. The van der Waals surface area contributed by atoms with Gasteiger partial charge in [-0.25, -0.2) is 9.97 Å². The van der Waals surface area contributed by atoms with Crippen molar-refractivity contribution in [3.05, 3.63) is 72.7 Å². The summed E-state index contributed by atoms with van der Waals surface area (Å²) in [5, 5.41) is 2.82. The second kappa shape index (κ2) is 7.49. The molecule has 0 fully saturated rings. The van der Waals surface area contributed by atoms with Crippen LogP contribution in [0.5, 0.6) is 5.75 Å². The molecule has 2 aromatic heterocycles. The average molecular weight is 438 g/mol. The molecule has 2 aromatic carbocycles. The van der Waals surface area contributed by atoms with Crippen LogP contribution in [0.1, 0.15) is 5.56 Å². The number of nitrogens with one attached hydrogen (secondary N) is 1. The van der Waals surface area contributed by atoms with Crippen LogP contribution < -0.4 is 10.1 Å². The molecule has 31 heavy (non-hydrogen) atoms. The highest BCUT2D eigenvalue weighted by Gasteiger charge is 2.31. The SMILES string of the molecule is FC(F)(F)Oc1ccc(-c2cnc3c(Nc4cccc(C(F)(F)F)c4)nccn23)cc1. The molecule has 0 radical (unpaired) electrons. The van der Waals surface area contributed by atoms with Crippen LogP contribution >= 0.6 is 0 Å². The van der Waals surface area contributed by atoms with Gasteiger partial charge in [-0.1, -0.05) is 6.07 Å². The van der Waals surface area contributed by atoms with Crippen molar-refractivity contribution in [2.75, 3.05) is 5.32 Å². The van der Waals surface area contributed by atoms with Crippen molar-refractivity contribution in [3.8, 4) is 17.0 Å². The minimum absolute atomic E-state index is 0.175. The van der Waals surface area contributed by atoms with E-state index in [-0.39, 0.29) is 17.3 Å². The molecule has 11 heteroatoms. The molecule has 0 saturated heterocycles. The van der Waals surface area contributed by atoms with Crippen LogP contribution in [0.3, 0.4) is 0 Å². The average Bonchev–Trinajstić information content (AvgIpc) is 3.12. The van der Waals surface area contributed by atoms with Gasteiger partial charge >= 0.3 is 12.5 Å². The van der Waals surface area contributed by atoms with E-state index in [9.17, 15) is 26.3 Å². The lowest BCUT2D eigenvalue weighted by atomic mass is 10.1. The van der Waals surface area contributed by atoms with Crippen molar-refractivity contribution in [2.45, 2.75) is 12.5 Å². The quantitative estimate of drug-likeness (QED) is 0.394. The summed E-state index contributed by atoms with van der Waals surface area (Å²) >= 11 is 0. The molecule has 0 aliphatic rings. The highest BCUT2D eigenvalue weighted by Crippen LogP contribution is 2.32. The Morgan fingerprint density at radius 1 is 0.903 bits per heavy atom. The van der Waals surface area contributed by atoms with Crippen molar-refractivity contribution in [1.29, 1.82) is 0 Å². The fraction of sp³-hybridized carbons (Fsp3) is 0.100. The number of nitrogens with zero attached hydrogens (tertiary/aromatic N) is 3. The third-order valence-electron chi connectivity index (χ3n) is 4.26. The molecule has 0 saturated carbocycles. The van der Waals surface area contributed by atoms with Gasteiger partial charge in [-0.05, 0) is 42.5 Å². The van der Waals surface area contributed by atoms with Gasteiger partial charge < -0.3 is 10.1 Å². The first kappa shape index (κ1) is 20.5. The van der Waals surface area contributed by atoms with Crippen molar-refractivity contribution in [2.24, 2.45) is 0 Å². The summed E-state index contributed by atoms with van der Waals surface area (Å²) in [5.41, 5.74) is 0.787. The van der Waals surface area contributed by atoms with Gasteiger partial charge in [0.15, 0.2) is 11.5 Å². The number of anilines is 2. The van der Waals surface area contributed by atoms with E-state index >= 15 is 0 Å². The van der Waals surface area contributed by atoms with Crippen LogP contribution in [-0.2, 0) is 6.18 Å². The van der Waals surface area contributed by atoms with Crippen LogP contribution in [0.4, 0.5) is 37.8 Å². The van der Waals surface area contributed by atoms with E-state index in [1.807, 2.05) is 0 Å². The Bertz CT molecular complexity index is 1220. The molecular weight excluding hydrogens is 426 g/mol. The van der Waals surface area contributed by atoms with E-state index in [0.29, 0.717) is 16.9 Å². The molecule has 0 unspecified atom stereocenters. The monoisotopic (exact) mass is 438 g/mol. The van der Waals surface area contributed by atoms with Crippen LogP contribution in [0.25, 0.3) is 16.9 Å². The van der Waals surface area contributed by atoms with Gasteiger partial charge in [0.1, 0.15) is 5.75 Å². The van der Waals surface area contributed by atoms with Crippen LogP contribution in [0.15, 0.2) is 67.1 Å². The highest BCUT2D eigenvalue weighted by atomic mass is 19.4. The molecular formula is C20H12F6N4O. The lowest BCUT2D eigenvalue weighted by Crippen LogP contribution is -2.16. The Hall–Kier alpha value is -3.76. The topological polar surface area (TPSA) is 51.5 Å². The Labute approximate surface area is 170 Å². The van der Waals surface area contributed by atoms with Gasteiger partial charge in [0.05, 0.1) is 17.5 Å². The van der Waals surface area contributed by atoms with Crippen LogP contribution in [0, 0.1) is 0 Å². The second-order valence-corrected chi connectivity index (χ2v) is 6.39. The molecule has 4 rings (SSSR count). The minimum atomic E-state index is -4.79. The maximum atomic E-state index is 12.9. The molecule has 1 N–H and O–H groups in total. The van der Waals surface area contributed by atoms with Gasteiger partial charge in [-0.15, -0.1) is 13.2 Å². The Morgan fingerprint density at radius 3 is 2.32 bits per heavy atom. The maximum absolute atomic E-state index is 12.9. The zero-order valence-corrected chi connectivity index (χ0v) is 15.4. The third kappa shape index (κ3) is 4.55. The van der Waals surface area contributed by atoms with E-state index < -0.39 is 18.1 Å². The van der Waals surface area contributed by atoms with Gasteiger partial charge in [0.2, 0.25) is 0 Å². The Kier molecular flexibility index (Phi) is 4.96. The number of rotatable bonds is 4. The van der Waals surface area contributed by atoms with Gasteiger partial charge in [0.25, 0.3) is 0 Å². The zero-order chi connectivity index (χ0) is 22.2. The summed E-state index contributed by atoms with van der Waals surface area (Å²) < 4.78 is 81.3. The first-order valence-corrected chi connectivity index (χ1v) is 8.73. The van der Waals surface area contributed by atoms with Crippen LogP contribution in [-0.4, -0.2) is 20.7 Å². The number of halogens is 6. The number of fused-ring (bicyclic) bond motifs is 1. The predicted octanol–water partition coefficient (Wildman–Crippen LogP) is 6.06. The molecule has 0 bridgehead atoms. The minimum Gasteiger partial charge on any atom is -0.406 e. The normalized spacial score (nSPS) is 12.2. The van der Waals surface area contributed by atoms with Gasteiger partial charge in [0, 0.05) is 23.6 Å². The number of hydrogen-bond acceptors (Lipinski definition) is 4. The molecule has 0 amide bonds. The third-order valence-corrected chi connectivity index (χ3v) is 4.26. The Balaban J connectivity index is 1.65. The van der Waals surface area contributed by atoms with E-state index in [1.165, 1.54) is 48.8 Å². The summed E-state index contributed by atoms with van der Waals surface area (Å²) in [5.74, 6) is -0.149.